The van der Waals surface area contributed by atoms with Gasteiger partial charge in [0, 0.05) is 6.54 Å². The van der Waals surface area contributed by atoms with Gasteiger partial charge in [-0.3, -0.25) is 9.59 Å². The summed E-state index contributed by atoms with van der Waals surface area (Å²) < 4.78 is 26.1. The zero-order valence-corrected chi connectivity index (χ0v) is 14.4. The number of aromatic nitrogens is 2. The summed E-state index contributed by atoms with van der Waals surface area (Å²) in [5.74, 6) is -0.711. The number of rotatable bonds is 2. The Labute approximate surface area is 150 Å². The molecule has 1 atom stereocenters. The molecule has 140 valence electrons. The number of alkyl halides is 1. The smallest absolute Gasteiger partial charge is 0.260 e. The van der Waals surface area contributed by atoms with Gasteiger partial charge in [0.1, 0.15) is 18.5 Å². The highest BCUT2D eigenvalue weighted by Gasteiger charge is 2.50. The zero-order valence-electron chi connectivity index (χ0n) is 14.4. The molecule has 1 saturated carbocycles. The van der Waals surface area contributed by atoms with Gasteiger partial charge in [-0.25, -0.2) is 14.4 Å². The van der Waals surface area contributed by atoms with Crippen LogP contribution >= 0.6 is 0 Å². The summed E-state index contributed by atoms with van der Waals surface area (Å²) in [5.41, 5.74) is -2.10. The average Bonchev–Trinajstić information content (AvgIpc) is 2.85. The fourth-order valence-corrected chi connectivity index (χ4v) is 3.63. The first kappa shape index (κ1) is 17.3. The molecule has 2 saturated heterocycles. The Balaban J connectivity index is 1.56. The van der Waals surface area contributed by atoms with Crippen LogP contribution in [0.1, 0.15) is 19.3 Å². The van der Waals surface area contributed by atoms with Gasteiger partial charge in [-0.2, -0.15) is 0 Å². The molecule has 1 aromatic heterocycles. The predicted molar refractivity (Wildman–Crippen MR) is 88.2 cm³/mol. The summed E-state index contributed by atoms with van der Waals surface area (Å²) in [6.45, 7) is 1.11. The molecule has 4 rings (SSSR count). The second kappa shape index (κ2) is 6.55. The van der Waals surface area contributed by atoms with Gasteiger partial charge < -0.3 is 19.3 Å². The Bertz CT molecular complexity index is 699. The molecular formula is C17H21FN4O4. The Kier molecular flexibility index (Phi) is 4.36. The van der Waals surface area contributed by atoms with Crippen LogP contribution in [0.5, 0.6) is 0 Å². The third-order valence-corrected chi connectivity index (χ3v) is 5.27. The van der Waals surface area contributed by atoms with E-state index >= 15 is 0 Å². The summed E-state index contributed by atoms with van der Waals surface area (Å²) in [7, 11) is 0. The fraction of sp³-hybridized carbons (Fsp3) is 0.647. The highest BCUT2D eigenvalue weighted by molar-refractivity contribution is 5.95. The molecule has 8 nitrogen and oxygen atoms in total. The maximum absolute atomic E-state index is 14.6. The van der Waals surface area contributed by atoms with Crippen LogP contribution in [0.3, 0.4) is 0 Å². The first-order chi connectivity index (χ1) is 12.5. The molecule has 1 unspecified atom stereocenters. The minimum atomic E-state index is -1.76. The molecule has 0 aromatic carbocycles. The minimum Gasteiger partial charge on any atom is -0.376 e. The molecule has 26 heavy (non-hydrogen) atoms. The lowest BCUT2D eigenvalue weighted by atomic mass is 9.80. The molecule has 1 spiro atoms. The van der Waals surface area contributed by atoms with E-state index in [0.29, 0.717) is 18.8 Å². The molecule has 3 aliphatic rings. The van der Waals surface area contributed by atoms with Crippen molar-refractivity contribution >= 4 is 17.5 Å². The zero-order chi connectivity index (χ0) is 18.2. The Morgan fingerprint density at radius 1 is 1.23 bits per heavy atom. The monoisotopic (exact) mass is 364 g/mol. The molecule has 0 radical (unpaired) electrons. The SMILES string of the molecule is O=C1COC2(COCCN(C(=O)C3(F)CCC3)C2)CN1c1cncnc1. The topological polar surface area (TPSA) is 84.9 Å². The minimum absolute atomic E-state index is 0.138. The van der Waals surface area contributed by atoms with Crippen molar-refractivity contribution in [2.24, 2.45) is 0 Å². The number of carbonyl (C=O) groups excluding carboxylic acids is 2. The van der Waals surface area contributed by atoms with Crippen molar-refractivity contribution in [3.8, 4) is 0 Å². The van der Waals surface area contributed by atoms with Crippen molar-refractivity contribution in [1.82, 2.24) is 14.9 Å². The highest BCUT2D eigenvalue weighted by Crippen LogP contribution is 2.38. The molecule has 9 heteroatoms. The lowest BCUT2D eigenvalue weighted by Crippen LogP contribution is -2.63. The number of nitrogens with zero attached hydrogens (tertiary/aromatic N) is 4. The number of ether oxygens (including phenoxy) is 2. The van der Waals surface area contributed by atoms with Gasteiger partial charge in [0.2, 0.25) is 0 Å². The maximum Gasteiger partial charge on any atom is 0.260 e. The number of amides is 2. The summed E-state index contributed by atoms with van der Waals surface area (Å²) in [6.07, 6.45) is 5.75. The Morgan fingerprint density at radius 3 is 2.69 bits per heavy atom. The second-order valence-corrected chi connectivity index (χ2v) is 7.15. The summed E-state index contributed by atoms with van der Waals surface area (Å²) >= 11 is 0. The molecule has 1 aliphatic carbocycles. The molecule has 2 amide bonds. The molecule has 0 N–H and O–H groups in total. The van der Waals surface area contributed by atoms with Crippen molar-refractivity contribution < 1.29 is 23.5 Å². The van der Waals surface area contributed by atoms with Crippen molar-refractivity contribution in [3.63, 3.8) is 0 Å². The summed E-state index contributed by atoms with van der Waals surface area (Å²) in [6, 6.07) is 0. The van der Waals surface area contributed by atoms with E-state index in [9.17, 15) is 14.0 Å². The number of halogens is 1. The predicted octanol–water partition coefficient (Wildman–Crippen LogP) is 0.330. The third kappa shape index (κ3) is 3.05. The van der Waals surface area contributed by atoms with E-state index in [1.165, 1.54) is 16.1 Å². The quantitative estimate of drug-likeness (QED) is 0.752. The first-order valence-corrected chi connectivity index (χ1v) is 8.77. The van der Waals surface area contributed by atoms with Crippen LogP contribution < -0.4 is 4.90 Å². The van der Waals surface area contributed by atoms with E-state index in [1.807, 2.05) is 0 Å². The van der Waals surface area contributed by atoms with Gasteiger partial charge in [0.15, 0.2) is 5.67 Å². The Hall–Kier alpha value is -2.13. The average molecular weight is 364 g/mol. The lowest BCUT2D eigenvalue weighted by molar-refractivity contribution is -0.158. The molecule has 1 aromatic rings. The van der Waals surface area contributed by atoms with Crippen LogP contribution in [0.2, 0.25) is 0 Å². The van der Waals surface area contributed by atoms with Crippen molar-refractivity contribution in [2.75, 3.05) is 44.4 Å². The summed E-state index contributed by atoms with van der Waals surface area (Å²) in [4.78, 5) is 35.9. The lowest BCUT2D eigenvalue weighted by Gasteiger charge is -2.44. The van der Waals surface area contributed by atoms with Gasteiger partial charge in [-0.05, 0) is 19.3 Å². The molecule has 3 fully saturated rings. The maximum atomic E-state index is 14.6. The number of morpholine rings is 1. The number of anilines is 1. The van der Waals surface area contributed by atoms with Crippen LogP contribution in [-0.4, -0.2) is 77.4 Å². The van der Waals surface area contributed by atoms with Gasteiger partial charge in [0.05, 0.1) is 44.4 Å². The van der Waals surface area contributed by atoms with E-state index in [0.717, 1.165) is 6.42 Å². The number of hydrogen-bond acceptors (Lipinski definition) is 6. The van der Waals surface area contributed by atoms with Gasteiger partial charge in [-0.1, -0.05) is 0 Å². The molecule has 3 heterocycles. The number of carbonyl (C=O) groups is 2. The van der Waals surface area contributed by atoms with E-state index in [-0.39, 0.29) is 45.1 Å². The Morgan fingerprint density at radius 2 is 2.00 bits per heavy atom. The van der Waals surface area contributed by atoms with Crippen LogP contribution in [0, 0.1) is 0 Å². The van der Waals surface area contributed by atoms with E-state index in [1.54, 1.807) is 12.4 Å². The standard InChI is InChI=1S/C17H21FN4O4/c18-17(2-1-3-17)15(24)21-4-5-25-11-16(9-21)10-22(14(23)8-26-16)13-6-19-12-20-7-13/h6-7,12H,1-5,8-11H2. The van der Waals surface area contributed by atoms with Crippen LogP contribution in [-0.2, 0) is 19.1 Å². The van der Waals surface area contributed by atoms with E-state index < -0.39 is 17.2 Å². The van der Waals surface area contributed by atoms with Gasteiger partial charge in [0.25, 0.3) is 11.8 Å². The molecule has 2 aliphatic heterocycles. The highest BCUT2D eigenvalue weighted by atomic mass is 19.1. The third-order valence-electron chi connectivity index (χ3n) is 5.27. The normalized spacial score (nSPS) is 28.6. The van der Waals surface area contributed by atoms with Crippen molar-refractivity contribution in [1.29, 1.82) is 0 Å². The van der Waals surface area contributed by atoms with Crippen molar-refractivity contribution in [2.45, 2.75) is 30.5 Å². The van der Waals surface area contributed by atoms with Crippen molar-refractivity contribution in [3.05, 3.63) is 18.7 Å². The first-order valence-electron chi connectivity index (χ1n) is 8.77. The van der Waals surface area contributed by atoms with Crippen LogP contribution in [0.4, 0.5) is 10.1 Å². The fourth-order valence-electron chi connectivity index (χ4n) is 3.63. The summed E-state index contributed by atoms with van der Waals surface area (Å²) in [5, 5.41) is 0. The largest absolute Gasteiger partial charge is 0.376 e. The van der Waals surface area contributed by atoms with Crippen LogP contribution in [0.25, 0.3) is 0 Å². The van der Waals surface area contributed by atoms with Gasteiger partial charge in [-0.15, -0.1) is 0 Å². The van der Waals surface area contributed by atoms with Gasteiger partial charge >= 0.3 is 0 Å². The number of hydrogen-bond donors (Lipinski definition) is 0. The second-order valence-electron chi connectivity index (χ2n) is 7.15. The van der Waals surface area contributed by atoms with E-state index in [4.69, 9.17) is 9.47 Å². The molecule has 0 bridgehead atoms. The van der Waals surface area contributed by atoms with E-state index in [2.05, 4.69) is 9.97 Å². The molecular weight excluding hydrogens is 343 g/mol. The van der Waals surface area contributed by atoms with Crippen LogP contribution in [0.15, 0.2) is 18.7 Å².